The van der Waals surface area contributed by atoms with Gasteiger partial charge in [-0.25, -0.2) is 0 Å². The Hall–Kier alpha value is -0.870. The molecule has 0 unspecified atom stereocenters. The standard InChI is InChI=1S/C12H23N3O/c1-12-10-13-15(11-12)7-5-3-4-6-14(2)8-9-16/h10-11,16H,3-9H2,1-2H3. The Morgan fingerprint density at radius 1 is 1.31 bits per heavy atom. The average Bonchev–Trinajstić information content (AvgIpc) is 2.64. The summed E-state index contributed by atoms with van der Waals surface area (Å²) < 4.78 is 2.01. The molecule has 0 aliphatic carbocycles. The van der Waals surface area contributed by atoms with Crippen LogP contribution in [0.25, 0.3) is 0 Å². The van der Waals surface area contributed by atoms with E-state index in [1.807, 2.05) is 17.9 Å². The van der Waals surface area contributed by atoms with Gasteiger partial charge in [0, 0.05) is 19.3 Å². The minimum atomic E-state index is 0.253. The summed E-state index contributed by atoms with van der Waals surface area (Å²) in [6.07, 6.45) is 7.56. The zero-order valence-corrected chi connectivity index (χ0v) is 10.4. The van der Waals surface area contributed by atoms with Crippen LogP contribution in [0.3, 0.4) is 0 Å². The summed E-state index contributed by atoms with van der Waals surface area (Å²) in [5.41, 5.74) is 1.22. The second-order valence-electron chi connectivity index (χ2n) is 4.37. The molecular formula is C12H23N3O. The van der Waals surface area contributed by atoms with E-state index in [2.05, 4.69) is 23.1 Å². The molecule has 4 heteroatoms. The van der Waals surface area contributed by atoms with Crippen molar-refractivity contribution < 1.29 is 5.11 Å². The number of hydrogen-bond acceptors (Lipinski definition) is 3. The molecule has 0 saturated heterocycles. The van der Waals surface area contributed by atoms with Crippen LogP contribution in [0, 0.1) is 6.92 Å². The molecule has 0 aliphatic heterocycles. The molecule has 1 rings (SSSR count). The number of rotatable bonds is 8. The van der Waals surface area contributed by atoms with E-state index in [1.54, 1.807) is 0 Å². The van der Waals surface area contributed by atoms with Crippen LogP contribution in [0.15, 0.2) is 12.4 Å². The number of unbranched alkanes of at least 4 members (excludes halogenated alkanes) is 2. The molecule has 0 fully saturated rings. The molecule has 0 radical (unpaired) electrons. The third-order valence-corrected chi connectivity index (χ3v) is 2.67. The van der Waals surface area contributed by atoms with E-state index in [4.69, 9.17) is 5.11 Å². The molecule has 0 aromatic carbocycles. The average molecular weight is 225 g/mol. The molecule has 0 amide bonds. The molecule has 4 nitrogen and oxygen atoms in total. The number of aliphatic hydroxyl groups is 1. The van der Waals surface area contributed by atoms with Crippen molar-refractivity contribution in [3.05, 3.63) is 18.0 Å². The van der Waals surface area contributed by atoms with Crippen LogP contribution in [0.5, 0.6) is 0 Å². The van der Waals surface area contributed by atoms with Crippen molar-refractivity contribution in [2.24, 2.45) is 0 Å². The van der Waals surface area contributed by atoms with Crippen LogP contribution >= 0.6 is 0 Å². The van der Waals surface area contributed by atoms with Gasteiger partial charge in [-0.15, -0.1) is 0 Å². The van der Waals surface area contributed by atoms with E-state index < -0.39 is 0 Å². The van der Waals surface area contributed by atoms with E-state index in [-0.39, 0.29) is 6.61 Å². The first-order chi connectivity index (χ1) is 7.72. The predicted octanol–water partition coefficient (Wildman–Crippen LogP) is 1.29. The second kappa shape index (κ2) is 7.41. The summed E-state index contributed by atoms with van der Waals surface area (Å²) in [7, 11) is 2.05. The topological polar surface area (TPSA) is 41.3 Å². The van der Waals surface area contributed by atoms with Gasteiger partial charge in [-0.1, -0.05) is 6.42 Å². The smallest absolute Gasteiger partial charge is 0.0558 e. The Kier molecular flexibility index (Phi) is 6.11. The highest BCUT2D eigenvalue weighted by Crippen LogP contribution is 2.01. The first-order valence-corrected chi connectivity index (χ1v) is 6.01. The monoisotopic (exact) mass is 225 g/mol. The summed E-state index contributed by atoms with van der Waals surface area (Å²) in [6, 6.07) is 0. The quantitative estimate of drug-likeness (QED) is 0.678. The lowest BCUT2D eigenvalue weighted by atomic mass is 10.2. The van der Waals surface area contributed by atoms with Gasteiger partial charge in [-0.05, 0) is 38.9 Å². The SMILES string of the molecule is Cc1cnn(CCCCCN(C)CCO)c1. The van der Waals surface area contributed by atoms with Gasteiger partial charge in [0.1, 0.15) is 0 Å². The second-order valence-corrected chi connectivity index (χ2v) is 4.37. The lowest BCUT2D eigenvalue weighted by Gasteiger charge is -2.14. The lowest BCUT2D eigenvalue weighted by molar-refractivity contribution is 0.219. The lowest BCUT2D eigenvalue weighted by Crippen LogP contribution is -2.23. The number of likely N-dealkylation sites (N-methyl/N-ethyl adjacent to an activating group) is 1. The summed E-state index contributed by atoms with van der Waals surface area (Å²) in [5.74, 6) is 0. The summed E-state index contributed by atoms with van der Waals surface area (Å²) in [4.78, 5) is 2.16. The van der Waals surface area contributed by atoms with Crippen molar-refractivity contribution in [3.63, 3.8) is 0 Å². The number of aromatic nitrogens is 2. The fraction of sp³-hybridized carbons (Fsp3) is 0.750. The molecule has 0 aliphatic rings. The molecule has 92 valence electrons. The van der Waals surface area contributed by atoms with Gasteiger partial charge in [0.2, 0.25) is 0 Å². The minimum absolute atomic E-state index is 0.253. The number of hydrogen-bond donors (Lipinski definition) is 1. The highest BCUT2D eigenvalue weighted by atomic mass is 16.3. The zero-order chi connectivity index (χ0) is 11.8. The Balaban J connectivity index is 2.00. The predicted molar refractivity (Wildman–Crippen MR) is 65.4 cm³/mol. The van der Waals surface area contributed by atoms with Crippen molar-refractivity contribution in [1.29, 1.82) is 0 Å². The molecule has 0 spiro atoms. The Morgan fingerprint density at radius 3 is 2.75 bits per heavy atom. The van der Waals surface area contributed by atoms with Crippen LogP contribution < -0.4 is 0 Å². The number of nitrogens with zero attached hydrogens (tertiary/aromatic N) is 3. The first kappa shape index (κ1) is 13.2. The maximum atomic E-state index is 8.74. The molecule has 16 heavy (non-hydrogen) atoms. The summed E-state index contributed by atoms with van der Waals surface area (Å²) >= 11 is 0. The Bertz CT molecular complexity index is 286. The highest BCUT2D eigenvalue weighted by molar-refractivity contribution is 4.99. The largest absolute Gasteiger partial charge is 0.395 e. The van der Waals surface area contributed by atoms with E-state index >= 15 is 0 Å². The van der Waals surface area contributed by atoms with Crippen LogP contribution in [0.1, 0.15) is 24.8 Å². The molecule has 1 N–H and O–H groups in total. The van der Waals surface area contributed by atoms with Crippen LogP contribution in [0.2, 0.25) is 0 Å². The van der Waals surface area contributed by atoms with Crippen LogP contribution in [0.4, 0.5) is 0 Å². The molecule has 0 atom stereocenters. The molecule has 1 heterocycles. The van der Waals surface area contributed by atoms with E-state index in [9.17, 15) is 0 Å². The summed E-state index contributed by atoms with van der Waals surface area (Å²) in [6.45, 7) is 5.17. The fourth-order valence-electron chi connectivity index (χ4n) is 1.70. The molecule has 1 aromatic rings. The fourth-order valence-corrected chi connectivity index (χ4v) is 1.70. The first-order valence-electron chi connectivity index (χ1n) is 6.01. The molecule has 0 bridgehead atoms. The maximum absolute atomic E-state index is 8.74. The number of aliphatic hydroxyl groups excluding tert-OH is 1. The minimum Gasteiger partial charge on any atom is -0.395 e. The van der Waals surface area contributed by atoms with Gasteiger partial charge in [0.25, 0.3) is 0 Å². The Labute approximate surface area is 97.9 Å². The number of aryl methyl sites for hydroxylation is 2. The van der Waals surface area contributed by atoms with Crippen LogP contribution in [-0.4, -0.2) is 46.5 Å². The van der Waals surface area contributed by atoms with E-state index in [1.165, 1.54) is 24.8 Å². The Morgan fingerprint density at radius 2 is 2.12 bits per heavy atom. The van der Waals surface area contributed by atoms with E-state index in [0.29, 0.717) is 0 Å². The molecule has 0 saturated carbocycles. The highest BCUT2D eigenvalue weighted by Gasteiger charge is 1.97. The van der Waals surface area contributed by atoms with Gasteiger partial charge < -0.3 is 10.0 Å². The van der Waals surface area contributed by atoms with Crippen molar-refractivity contribution in [2.45, 2.75) is 32.7 Å². The van der Waals surface area contributed by atoms with E-state index in [0.717, 1.165) is 19.6 Å². The molecule has 1 aromatic heterocycles. The van der Waals surface area contributed by atoms with Crippen molar-refractivity contribution >= 4 is 0 Å². The zero-order valence-electron chi connectivity index (χ0n) is 10.4. The van der Waals surface area contributed by atoms with Crippen molar-refractivity contribution in [3.8, 4) is 0 Å². The maximum Gasteiger partial charge on any atom is 0.0558 e. The normalized spacial score (nSPS) is 11.2. The van der Waals surface area contributed by atoms with Gasteiger partial charge in [-0.2, -0.15) is 5.10 Å². The third kappa shape index (κ3) is 5.28. The van der Waals surface area contributed by atoms with Crippen molar-refractivity contribution in [2.75, 3.05) is 26.7 Å². The third-order valence-electron chi connectivity index (χ3n) is 2.67. The van der Waals surface area contributed by atoms with Gasteiger partial charge in [0.05, 0.1) is 12.8 Å². The van der Waals surface area contributed by atoms with Gasteiger partial charge >= 0.3 is 0 Å². The van der Waals surface area contributed by atoms with Gasteiger partial charge in [-0.3, -0.25) is 4.68 Å². The van der Waals surface area contributed by atoms with Crippen LogP contribution in [-0.2, 0) is 6.54 Å². The molecular weight excluding hydrogens is 202 g/mol. The van der Waals surface area contributed by atoms with Gasteiger partial charge in [0.15, 0.2) is 0 Å². The summed E-state index contributed by atoms with van der Waals surface area (Å²) in [5, 5.41) is 13.0. The van der Waals surface area contributed by atoms with Crippen molar-refractivity contribution in [1.82, 2.24) is 14.7 Å².